The number of nitrogens with zero attached hydrogens (tertiary/aromatic N) is 1. The summed E-state index contributed by atoms with van der Waals surface area (Å²) in [5.74, 6) is 0.401. The monoisotopic (exact) mass is 183 g/mol. The zero-order valence-corrected chi connectivity index (χ0v) is 8.32. The van der Waals surface area contributed by atoms with Crippen LogP contribution in [0.15, 0.2) is 0 Å². The zero-order valence-electron chi connectivity index (χ0n) is 8.32. The number of fused-ring (bicyclic) bond motifs is 2. The number of carbonyl (C=O) groups is 1. The summed E-state index contributed by atoms with van der Waals surface area (Å²) in [6, 6.07) is 0. The van der Waals surface area contributed by atoms with Crippen LogP contribution < -0.4 is 0 Å². The average Bonchev–Trinajstić information content (AvgIpc) is 2.44. The molecule has 2 heterocycles. The molecule has 0 aromatic rings. The Morgan fingerprint density at radius 3 is 2.31 bits per heavy atom. The third-order valence-corrected chi connectivity index (χ3v) is 2.85. The molecule has 0 saturated carbocycles. The maximum atomic E-state index is 11.7. The lowest BCUT2D eigenvalue weighted by molar-refractivity contribution is -0.143. The molecule has 2 aliphatic heterocycles. The molecule has 2 rings (SSSR count). The minimum absolute atomic E-state index is 0.123. The van der Waals surface area contributed by atoms with Crippen LogP contribution in [-0.2, 0) is 9.53 Å². The van der Waals surface area contributed by atoms with Crippen LogP contribution in [0.3, 0.4) is 0 Å². The third kappa shape index (κ3) is 1.70. The molecule has 3 heteroatoms. The highest BCUT2D eigenvalue weighted by Gasteiger charge is 2.35. The number of carbonyl (C=O) groups excluding carboxylic acids is 1. The van der Waals surface area contributed by atoms with Crippen molar-refractivity contribution in [3.05, 3.63) is 0 Å². The summed E-state index contributed by atoms with van der Waals surface area (Å²) in [4.78, 5) is 13.7. The maximum Gasteiger partial charge on any atom is 0.225 e. The number of likely N-dealkylation sites (tertiary alicyclic amines) is 1. The van der Waals surface area contributed by atoms with Gasteiger partial charge in [0.2, 0.25) is 5.91 Å². The Balaban J connectivity index is 1.98. The molecule has 2 aliphatic rings. The molecule has 2 unspecified atom stereocenters. The zero-order chi connectivity index (χ0) is 9.42. The third-order valence-electron chi connectivity index (χ3n) is 2.85. The summed E-state index contributed by atoms with van der Waals surface area (Å²) in [5, 5.41) is 0. The molecule has 2 fully saturated rings. The number of amides is 1. The lowest BCUT2D eigenvalue weighted by atomic mass is 10.1. The SMILES string of the molecule is CC(C)C(=O)N1CC2CCC(C1)O2. The second-order valence-electron chi connectivity index (χ2n) is 4.36. The van der Waals surface area contributed by atoms with E-state index < -0.39 is 0 Å². The molecule has 2 atom stereocenters. The van der Waals surface area contributed by atoms with Crippen molar-refractivity contribution in [1.29, 1.82) is 0 Å². The van der Waals surface area contributed by atoms with Crippen LogP contribution in [-0.4, -0.2) is 36.1 Å². The Kier molecular flexibility index (Phi) is 2.28. The highest BCUT2D eigenvalue weighted by molar-refractivity contribution is 5.78. The van der Waals surface area contributed by atoms with Gasteiger partial charge in [0.25, 0.3) is 0 Å². The number of morpholine rings is 1. The highest BCUT2D eigenvalue weighted by Crippen LogP contribution is 2.26. The first kappa shape index (κ1) is 9.00. The number of hydrogen-bond donors (Lipinski definition) is 0. The van der Waals surface area contributed by atoms with Gasteiger partial charge in [0.05, 0.1) is 12.2 Å². The predicted octanol–water partition coefficient (Wildman–Crippen LogP) is 1.03. The van der Waals surface area contributed by atoms with E-state index in [-0.39, 0.29) is 11.8 Å². The first-order valence-corrected chi connectivity index (χ1v) is 5.11. The second-order valence-corrected chi connectivity index (χ2v) is 4.36. The normalized spacial score (nSPS) is 32.7. The van der Waals surface area contributed by atoms with Crippen molar-refractivity contribution in [1.82, 2.24) is 4.90 Å². The standard InChI is InChI=1S/C10H17NO2/c1-7(2)10(12)11-5-8-3-4-9(6-11)13-8/h7-9H,3-6H2,1-2H3. The fourth-order valence-electron chi connectivity index (χ4n) is 2.16. The van der Waals surface area contributed by atoms with Gasteiger partial charge in [-0.05, 0) is 12.8 Å². The van der Waals surface area contributed by atoms with Crippen molar-refractivity contribution in [3.8, 4) is 0 Å². The van der Waals surface area contributed by atoms with E-state index in [4.69, 9.17) is 4.74 Å². The van der Waals surface area contributed by atoms with E-state index in [2.05, 4.69) is 0 Å². The Morgan fingerprint density at radius 1 is 1.31 bits per heavy atom. The van der Waals surface area contributed by atoms with Gasteiger partial charge in [-0.2, -0.15) is 0 Å². The van der Waals surface area contributed by atoms with Crippen molar-refractivity contribution >= 4 is 5.91 Å². The van der Waals surface area contributed by atoms with Crippen LogP contribution in [0, 0.1) is 5.92 Å². The number of rotatable bonds is 1. The summed E-state index contributed by atoms with van der Waals surface area (Å²) in [6.07, 6.45) is 2.90. The highest BCUT2D eigenvalue weighted by atomic mass is 16.5. The molecule has 0 aromatic carbocycles. The first-order chi connectivity index (χ1) is 6.16. The Hall–Kier alpha value is -0.570. The van der Waals surface area contributed by atoms with Crippen molar-refractivity contribution in [2.24, 2.45) is 5.92 Å². The number of ether oxygens (including phenoxy) is 1. The molecular weight excluding hydrogens is 166 g/mol. The maximum absolute atomic E-state index is 11.7. The summed E-state index contributed by atoms with van der Waals surface area (Å²) in [6.45, 7) is 5.54. The molecule has 74 valence electrons. The van der Waals surface area contributed by atoms with Crippen LogP contribution in [0.25, 0.3) is 0 Å². The van der Waals surface area contributed by atoms with E-state index in [1.807, 2.05) is 18.7 Å². The molecule has 0 N–H and O–H groups in total. The van der Waals surface area contributed by atoms with Crippen LogP contribution in [0.5, 0.6) is 0 Å². The molecule has 0 aliphatic carbocycles. The lowest BCUT2D eigenvalue weighted by Gasteiger charge is -2.33. The van der Waals surface area contributed by atoms with Crippen LogP contribution in [0.2, 0.25) is 0 Å². The Bertz CT molecular complexity index is 203. The minimum Gasteiger partial charge on any atom is -0.371 e. The molecule has 0 spiro atoms. The summed E-state index contributed by atoms with van der Waals surface area (Å²) in [5.41, 5.74) is 0. The van der Waals surface area contributed by atoms with E-state index in [0.29, 0.717) is 12.2 Å². The van der Waals surface area contributed by atoms with Gasteiger partial charge in [0.15, 0.2) is 0 Å². The van der Waals surface area contributed by atoms with Gasteiger partial charge < -0.3 is 9.64 Å². The fraction of sp³-hybridized carbons (Fsp3) is 0.900. The van der Waals surface area contributed by atoms with Gasteiger partial charge in [-0.3, -0.25) is 4.79 Å². The molecule has 0 radical (unpaired) electrons. The molecule has 3 nitrogen and oxygen atoms in total. The summed E-state index contributed by atoms with van der Waals surface area (Å²) >= 11 is 0. The molecule has 1 amide bonds. The van der Waals surface area contributed by atoms with Gasteiger partial charge in [-0.15, -0.1) is 0 Å². The summed E-state index contributed by atoms with van der Waals surface area (Å²) < 4.78 is 5.66. The average molecular weight is 183 g/mol. The quantitative estimate of drug-likeness (QED) is 0.607. The van der Waals surface area contributed by atoms with Crippen molar-refractivity contribution < 1.29 is 9.53 Å². The topological polar surface area (TPSA) is 29.5 Å². The van der Waals surface area contributed by atoms with Crippen LogP contribution in [0.1, 0.15) is 26.7 Å². The van der Waals surface area contributed by atoms with Gasteiger partial charge in [0, 0.05) is 19.0 Å². The van der Waals surface area contributed by atoms with E-state index in [9.17, 15) is 4.79 Å². The second kappa shape index (κ2) is 3.29. The molecule has 13 heavy (non-hydrogen) atoms. The molecule has 0 aromatic heterocycles. The molecule has 2 bridgehead atoms. The molecular formula is C10H17NO2. The van der Waals surface area contributed by atoms with Crippen molar-refractivity contribution in [2.75, 3.05) is 13.1 Å². The fourth-order valence-corrected chi connectivity index (χ4v) is 2.16. The lowest BCUT2D eigenvalue weighted by Crippen LogP contribution is -2.47. The van der Waals surface area contributed by atoms with E-state index in [0.717, 1.165) is 25.9 Å². The molecule has 2 saturated heterocycles. The van der Waals surface area contributed by atoms with Crippen LogP contribution >= 0.6 is 0 Å². The predicted molar refractivity (Wildman–Crippen MR) is 49.3 cm³/mol. The van der Waals surface area contributed by atoms with Crippen molar-refractivity contribution in [2.45, 2.75) is 38.9 Å². The van der Waals surface area contributed by atoms with Gasteiger partial charge in [0.1, 0.15) is 0 Å². The smallest absolute Gasteiger partial charge is 0.225 e. The number of hydrogen-bond acceptors (Lipinski definition) is 2. The van der Waals surface area contributed by atoms with E-state index >= 15 is 0 Å². The van der Waals surface area contributed by atoms with Crippen molar-refractivity contribution in [3.63, 3.8) is 0 Å². The van der Waals surface area contributed by atoms with E-state index in [1.54, 1.807) is 0 Å². The van der Waals surface area contributed by atoms with Gasteiger partial charge >= 0.3 is 0 Å². The minimum atomic E-state index is 0.123. The summed E-state index contributed by atoms with van der Waals surface area (Å²) in [7, 11) is 0. The van der Waals surface area contributed by atoms with E-state index in [1.165, 1.54) is 0 Å². The van der Waals surface area contributed by atoms with Gasteiger partial charge in [-0.25, -0.2) is 0 Å². The largest absolute Gasteiger partial charge is 0.371 e. The first-order valence-electron chi connectivity index (χ1n) is 5.11. The Labute approximate surface area is 79.0 Å². The van der Waals surface area contributed by atoms with Gasteiger partial charge in [-0.1, -0.05) is 13.8 Å². The van der Waals surface area contributed by atoms with Crippen LogP contribution in [0.4, 0.5) is 0 Å². The Morgan fingerprint density at radius 2 is 1.85 bits per heavy atom.